The van der Waals surface area contributed by atoms with Gasteiger partial charge in [-0.25, -0.2) is 13.1 Å². The molecule has 0 bridgehead atoms. The van der Waals surface area contributed by atoms with Crippen molar-refractivity contribution in [3.8, 4) is 0 Å². The normalized spacial score (nSPS) is 12.5. The van der Waals surface area contributed by atoms with E-state index < -0.39 is 28.7 Å². The maximum Gasteiger partial charge on any atom is 0.402 e. The Bertz CT molecular complexity index is 902. The zero-order valence-corrected chi connectivity index (χ0v) is 15.1. The van der Waals surface area contributed by atoms with Crippen LogP contribution in [0.1, 0.15) is 10.4 Å². The quantitative estimate of drug-likeness (QED) is 0.723. The van der Waals surface area contributed by atoms with Crippen LogP contribution >= 0.6 is 11.3 Å². The molecule has 26 heavy (non-hydrogen) atoms. The SMILES string of the molecule is Cc1ccsc1/C=C/C(=O)Nc1ccc(S(=O)(=O)NCC(F)(F)F)cc1. The lowest BCUT2D eigenvalue weighted by Crippen LogP contribution is -2.33. The van der Waals surface area contributed by atoms with Crippen LogP contribution in [0, 0.1) is 6.92 Å². The molecular formula is C16H15F3N2O3S2. The molecule has 0 aliphatic rings. The number of thiophene rings is 1. The minimum Gasteiger partial charge on any atom is -0.323 e. The second-order valence-corrected chi connectivity index (χ2v) is 7.97. The lowest BCUT2D eigenvalue weighted by molar-refractivity contribution is -0.121. The zero-order valence-electron chi connectivity index (χ0n) is 13.5. The van der Waals surface area contributed by atoms with Gasteiger partial charge in [0.25, 0.3) is 0 Å². The molecule has 0 fully saturated rings. The van der Waals surface area contributed by atoms with Crippen LogP contribution in [0.15, 0.2) is 46.7 Å². The van der Waals surface area contributed by atoms with Crippen molar-refractivity contribution in [2.24, 2.45) is 0 Å². The van der Waals surface area contributed by atoms with Gasteiger partial charge < -0.3 is 5.32 Å². The number of aryl methyl sites for hydroxylation is 1. The van der Waals surface area contributed by atoms with Crippen LogP contribution in [-0.2, 0) is 14.8 Å². The van der Waals surface area contributed by atoms with Crippen molar-refractivity contribution in [1.82, 2.24) is 4.72 Å². The van der Waals surface area contributed by atoms with E-state index in [9.17, 15) is 26.4 Å². The maximum absolute atomic E-state index is 12.1. The first-order valence-corrected chi connectivity index (χ1v) is 9.63. The van der Waals surface area contributed by atoms with E-state index >= 15 is 0 Å². The van der Waals surface area contributed by atoms with Crippen LogP contribution in [0.25, 0.3) is 6.08 Å². The molecule has 0 aliphatic heterocycles. The van der Waals surface area contributed by atoms with Gasteiger partial charge in [-0.3, -0.25) is 4.79 Å². The first-order valence-electron chi connectivity index (χ1n) is 7.26. The minimum absolute atomic E-state index is 0.317. The van der Waals surface area contributed by atoms with Crippen molar-refractivity contribution in [3.05, 3.63) is 52.2 Å². The predicted molar refractivity (Wildman–Crippen MR) is 94.4 cm³/mol. The molecule has 2 rings (SSSR count). The summed E-state index contributed by atoms with van der Waals surface area (Å²) in [4.78, 5) is 12.5. The highest BCUT2D eigenvalue weighted by Gasteiger charge is 2.30. The van der Waals surface area contributed by atoms with E-state index in [4.69, 9.17) is 0 Å². The summed E-state index contributed by atoms with van der Waals surface area (Å²) in [7, 11) is -4.28. The molecule has 0 saturated carbocycles. The molecule has 2 aromatic rings. The van der Waals surface area contributed by atoms with Gasteiger partial charge >= 0.3 is 6.18 Å². The number of alkyl halides is 3. The Morgan fingerprint density at radius 2 is 1.85 bits per heavy atom. The van der Waals surface area contributed by atoms with Crippen molar-refractivity contribution in [3.63, 3.8) is 0 Å². The van der Waals surface area contributed by atoms with Crippen LogP contribution in [0.5, 0.6) is 0 Å². The van der Waals surface area contributed by atoms with E-state index in [2.05, 4.69) is 5.32 Å². The van der Waals surface area contributed by atoms with Gasteiger partial charge in [-0.05, 0) is 54.3 Å². The molecule has 0 atom stereocenters. The fraction of sp³-hybridized carbons (Fsp3) is 0.188. The Balaban J connectivity index is 1.99. The summed E-state index contributed by atoms with van der Waals surface area (Å²) in [5, 5.41) is 4.44. The average molecular weight is 404 g/mol. The molecule has 1 aromatic heterocycles. The number of benzene rings is 1. The third-order valence-electron chi connectivity index (χ3n) is 3.18. The molecule has 1 amide bonds. The van der Waals surface area contributed by atoms with Crippen molar-refractivity contribution in [2.45, 2.75) is 18.0 Å². The average Bonchev–Trinajstić information content (AvgIpc) is 2.96. The Labute approximate surface area is 152 Å². The molecule has 140 valence electrons. The summed E-state index contributed by atoms with van der Waals surface area (Å²) < 4.78 is 61.4. The number of carbonyl (C=O) groups excluding carboxylic acids is 1. The van der Waals surface area contributed by atoms with Gasteiger partial charge in [0.1, 0.15) is 6.54 Å². The van der Waals surface area contributed by atoms with Crippen molar-refractivity contribution in [1.29, 1.82) is 0 Å². The summed E-state index contributed by atoms with van der Waals surface area (Å²) in [5.41, 5.74) is 1.36. The summed E-state index contributed by atoms with van der Waals surface area (Å²) in [5.74, 6) is -0.413. The van der Waals surface area contributed by atoms with Crippen molar-refractivity contribution in [2.75, 3.05) is 11.9 Å². The van der Waals surface area contributed by atoms with Gasteiger partial charge in [-0.15, -0.1) is 11.3 Å². The number of halogens is 3. The van der Waals surface area contributed by atoms with Crippen LogP contribution in [-0.4, -0.2) is 27.0 Å². The smallest absolute Gasteiger partial charge is 0.323 e. The third kappa shape index (κ3) is 5.97. The molecule has 0 aliphatic carbocycles. The summed E-state index contributed by atoms with van der Waals surface area (Å²) in [6.07, 6.45) is -1.64. The molecule has 5 nitrogen and oxygen atoms in total. The highest BCUT2D eigenvalue weighted by Crippen LogP contribution is 2.18. The van der Waals surface area contributed by atoms with Crippen molar-refractivity contribution < 1.29 is 26.4 Å². The molecule has 0 radical (unpaired) electrons. The Morgan fingerprint density at radius 3 is 2.38 bits per heavy atom. The van der Waals surface area contributed by atoms with Crippen LogP contribution < -0.4 is 10.0 Å². The highest BCUT2D eigenvalue weighted by molar-refractivity contribution is 7.89. The first-order chi connectivity index (χ1) is 12.1. The Morgan fingerprint density at radius 1 is 1.19 bits per heavy atom. The van der Waals surface area contributed by atoms with E-state index in [1.54, 1.807) is 6.08 Å². The van der Waals surface area contributed by atoms with Gasteiger partial charge in [0.05, 0.1) is 4.90 Å². The lowest BCUT2D eigenvalue weighted by Gasteiger charge is -2.10. The number of hydrogen-bond donors (Lipinski definition) is 2. The number of sulfonamides is 1. The third-order valence-corrected chi connectivity index (χ3v) is 5.58. The second-order valence-electron chi connectivity index (χ2n) is 5.25. The minimum atomic E-state index is -4.64. The van der Waals surface area contributed by atoms with Gasteiger partial charge in [0, 0.05) is 16.6 Å². The molecular weight excluding hydrogens is 389 g/mol. The lowest BCUT2D eigenvalue weighted by atomic mass is 10.2. The first kappa shape index (κ1) is 20.1. The number of carbonyl (C=O) groups is 1. The molecule has 0 saturated heterocycles. The molecule has 0 spiro atoms. The zero-order chi connectivity index (χ0) is 19.4. The molecule has 1 heterocycles. The van der Waals surface area contributed by atoms with Crippen molar-refractivity contribution >= 4 is 39.0 Å². The fourth-order valence-electron chi connectivity index (χ4n) is 1.87. The number of nitrogens with one attached hydrogen (secondary N) is 2. The second kappa shape index (κ2) is 8.02. The molecule has 10 heteroatoms. The molecule has 0 unspecified atom stereocenters. The van der Waals surface area contributed by atoms with E-state index in [1.165, 1.54) is 34.3 Å². The van der Waals surface area contributed by atoms with E-state index in [1.807, 2.05) is 18.4 Å². The van der Waals surface area contributed by atoms with E-state index in [0.717, 1.165) is 22.6 Å². The number of hydrogen-bond acceptors (Lipinski definition) is 4. The largest absolute Gasteiger partial charge is 0.402 e. The van der Waals surface area contributed by atoms with Gasteiger partial charge in [-0.1, -0.05) is 0 Å². The molecule has 2 N–H and O–H groups in total. The maximum atomic E-state index is 12.1. The molecule has 1 aromatic carbocycles. The van der Waals surface area contributed by atoms with E-state index in [-0.39, 0.29) is 4.90 Å². The van der Waals surface area contributed by atoms with Crippen LogP contribution in [0.2, 0.25) is 0 Å². The Kier molecular flexibility index (Phi) is 6.21. The summed E-state index contributed by atoms with van der Waals surface area (Å²) in [6, 6.07) is 6.74. The topological polar surface area (TPSA) is 75.3 Å². The van der Waals surface area contributed by atoms with Gasteiger partial charge in [0.15, 0.2) is 0 Å². The van der Waals surface area contributed by atoms with Gasteiger partial charge in [0.2, 0.25) is 15.9 Å². The fourth-order valence-corrected chi connectivity index (χ4v) is 3.70. The van der Waals surface area contributed by atoms with Gasteiger partial charge in [-0.2, -0.15) is 13.2 Å². The van der Waals surface area contributed by atoms with E-state index in [0.29, 0.717) is 5.69 Å². The summed E-state index contributed by atoms with van der Waals surface area (Å²) in [6.45, 7) is 0.265. The number of anilines is 1. The highest BCUT2D eigenvalue weighted by atomic mass is 32.2. The number of rotatable bonds is 6. The summed E-state index contributed by atoms with van der Waals surface area (Å²) >= 11 is 1.49. The standard InChI is InChI=1S/C16H15F3N2O3S2/c1-11-8-9-25-14(11)6-7-15(22)21-12-2-4-13(5-3-12)26(23,24)20-10-16(17,18)19/h2-9,20H,10H2,1H3,(H,21,22)/b7-6+. The predicted octanol–water partition coefficient (Wildman–Crippen LogP) is 3.55. The number of amides is 1. The monoisotopic (exact) mass is 404 g/mol. The van der Waals surface area contributed by atoms with Crippen LogP contribution in [0.3, 0.4) is 0 Å². The van der Waals surface area contributed by atoms with Crippen LogP contribution in [0.4, 0.5) is 18.9 Å². The Hall–Kier alpha value is -2.17.